The molecule has 12 nitrogen and oxygen atoms in total. The number of carbonyl (C=O) groups excluding carboxylic acids is 4. The summed E-state index contributed by atoms with van der Waals surface area (Å²) in [5.41, 5.74) is 0. The number of fused-ring (bicyclic) bond motifs is 2. The van der Waals surface area contributed by atoms with Crippen LogP contribution in [0.5, 0.6) is 0 Å². The highest BCUT2D eigenvalue weighted by Crippen LogP contribution is 2.21. The van der Waals surface area contributed by atoms with Crippen molar-refractivity contribution in [3.63, 3.8) is 0 Å². The van der Waals surface area contributed by atoms with E-state index >= 15 is 0 Å². The van der Waals surface area contributed by atoms with E-state index in [-0.39, 0.29) is 36.7 Å². The van der Waals surface area contributed by atoms with Gasteiger partial charge in [0.1, 0.15) is 24.7 Å². The normalized spacial score (nSPS) is 35.7. The van der Waals surface area contributed by atoms with Crippen molar-refractivity contribution in [1.29, 1.82) is 0 Å². The maximum atomic E-state index is 12.1. The van der Waals surface area contributed by atoms with E-state index in [2.05, 4.69) is 31.9 Å². The van der Waals surface area contributed by atoms with Crippen molar-refractivity contribution in [2.24, 2.45) is 0 Å². The van der Waals surface area contributed by atoms with Crippen molar-refractivity contribution in [2.45, 2.75) is 37.6 Å². The first-order valence-corrected chi connectivity index (χ1v) is 7.24. The van der Waals surface area contributed by atoms with Gasteiger partial charge in [0.15, 0.2) is 0 Å². The summed E-state index contributed by atoms with van der Waals surface area (Å²) < 4.78 is 0. The van der Waals surface area contributed by atoms with Gasteiger partial charge < -0.3 is 31.9 Å². The summed E-state index contributed by atoms with van der Waals surface area (Å²) in [4.78, 5) is 49.8. The Morgan fingerprint density at radius 2 is 1.39 bits per heavy atom. The summed E-state index contributed by atoms with van der Waals surface area (Å²) in [6.45, 7) is 1.98. The molecule has 4 aliphatic rings. The molecule has 5 unspecified atom stereocenters. The summed E-state index contributed by atoms with van der Waals surface area (Å²) in [7, 11) is 0. The molecule has 0 aromatic heterocycles. The Balaban J connectivity index is 1.48. The smallest absolute Gasteiger partial charge is 0.314 e. The average molecular weight is 324 g/mol. The molecule has 4 heterocycles. The topological polar surface area (TPSA) is 147 Å². The van der Waals surface area contributed by atoms with Crippen LogP contribution in [-0.2, 0) is 0 Å². The molecule has 23 heavy (non-hydrogen) atoms. The monoisotopic (exact) mass is 324 g/mol. The summed E-state index contributed by atoms with van der Waals surface area (Å²) in [6, 6.07) is -1.74. The van der Waals surface area contributed by atoms with Gasteiger partial charge in [-0.05, 0) is 6.92 Å². The lowest BCUT2D eigenvalue weighted by Gasteiger charge is -2.32. The zero-order chi connectivity index (χ0) is 16.3. The molecule has 0 aromatic rings. The van der Waals surface area contributed by atoms with Gasteiger partial charge in [-0.15, -0.1) is 0 Å². The van der Waals surface area contributed by atoms with Gasteiger partial charge in [0.05, 0.1) is 6.04 Å². The van der Waals surface area contributed by atoms with Crippen LogP contribution in [0, 0.1) is 0 Å². The van der Waals surface area contributed by atoms with Gasteiger partial charge >= 0.3 is 24.1 Å². The number of nitrogens with one attached hydrogen (secondary N) is 6. The zero-order valence-electron chi connectivity index (χ0n) is 12.1. The molecule has 0 saturated carbocycles. The first kappa shape index (κ1) is 13.7. The SMILES string of the molecule is CC(CN1C(=O)NC2NC(=O)NC21)N1C(=O)NC2NC(=O)NC21. The molecule has 0 aliphatic carbocycles. The van der Waals surface area contributed by atoms with Crippen LogP contribution in [0.25, 0.3) is 0 Å². The van der Waals surface area contributed by atoms with E-state index in [1.165, 1.54) is 9.80 Å². The molecule has 4 saturated heterocycles. The summed E-state index contributed by atoms with van der Waals surface area (Å²) >= 11 is 0. The van der Waals surface area contributed by atoms with Crippen molar-refractivity contribution >= 4 is 24.1 Å². The van der Waals surface area contributed by atoms with E-state index in [0.29, 0.717) is 0 Å². The highest BCUT2D eigenvalue weighted by Gasteiger charge is 2.50. The van der Waals surface area contributed by atoms with Crippen molar-refractivity contribution in [2.75, 3.05) is 6.54 Å². The zero-order valence-corrected chi connectivity index (χ0v) is 12.1. The van der Waals surface area contributed by atoms with Gasteiger partial charge in [0.25, 0.3) is 0 Å². The quantitative estimate of drug-likeness (QED) is 0.337. The first-order chi connectivity index (χ1) is 10.9. The minimum atomic E-state index is -0.511. The fraction of sp³-hybridized carbons (Fsp3) is 0.636. The number of amides is 8. The number of urea groups is 4. The standard InChI is InChI=1S/C11H16N8O4/c1-3(19-7-5(15-11(19)23)13-9(21)17-7)2-18-6-4(14-10(18)22)12-8(20)16-6/h3-7H,2H2,1H3,(H,14,22)(H,15,23)(H2,12,16,20)(H2,13,17,21). The second-order valence-corrected chi connectivity index (χ2v) is 5.89. The molecular weight excluding hydrogens is 308 g/mol. The average Bonchev–Trinajstić information content (AvgIpc) is 3.12. The molecule has 5 atom stereocenters. The molecule has 0 aromatic carbocycles. The molecular formula is C11H16N8O4. The largest absolute Gasteiger partial charge is 0.321 e. The molecule has 12 heteroatoms. The maximum absolute atomic E-state index is 12.1. The second-order valence-electron chi connectivity index (χ2n) is 5.89. The van der Waals surface area contributed by atoms with Gasteiger partial charge in [0, 0.05) is 6.54 Å². The molecule has 4 rings (SSSR count). The van der Waals surface area contributed by atoms with Crippen molar-refractivity contribution in [1.82, 2.24) is 41.7 Å². The number of carbonyl (C=O) groups is 4. The summed E-state index contributed by atoms with van der Waals surface area (Å²) in [6.07, 6.45) is -2.00. The van der Waals surface area contributed by atoms with E-state index in [1.54, 1.807) is 6.92 Å². The fourth-order valence-electron chi connectivity index (χ4n) is 3.40. The molecule has 0 bridgehead atoms. The summed E-state index contributed by atoms with van der Waals surface area (Å²) in [5.74, 6) is 0. The third kappa shape index (κ3) is 1.98. The highest BCUT2D eigenvalue weighted by molar-refractivity contribution is 5.86. The van der Waals surface area contributed by atoms with Gasteiger partial charge in [0.2, 0.25) is 0 Å². The molecule has 0 radical (unpaired) electrons. The van der Waals surface area contributed by atoms with Crippen LogP contribution >= 0.6 is 0 Å². The minimum Gasteiger partial charge on any atom is -0.314 e. The Morgan fingerprint density at radius 3 is 2.09 bits per heavy atom. The van der Waals surface area contributed by atoms with Crippen molar-refractivity contribution in [3.05, 3.63) is 0 Å². The van der Waals surface area contributed by atoms with Crippen LogP contribution in [0.2, 0.25) is 0 Å². The van der Waals surface area contributed by atoms with E-state index < -0.39 is 24.7 Å². The minimum absolute atomic E-state index is 0.210. The van der Waals surface area contributed by atoms with Gasteiger partial charge in [-0.3, -0.25) is 9.80 Å². The molecule has 0 spiro atoms. The number of nitrogens with zero attached hydrogens (tertiary/aromatic N) is 2. The lowest BCUT2D eigenvalue weighted by molar-refractivity contribution is 0.135. The van der Waals surface area contributed by atoms with Crippen LogP contribution in [0.1, 0.15) is 6.92 Å². The van der Waals surface area contributed by atoms with Gasteiger partial charge in [-0.1, -0.05) is 0 Å². The lowest BCUT2D eigenvalue weighted by Crippen LogP contribution is -2.54. The van der Waals surface area contributed by atoms with Crippen molar-refractivity contribution in [3.8, 4) is 0 Å². The number of hydrogen-bond donors (Lipinski definition) is 6. The second kappa shape index (κ2) is 4.54. The summed E-state index contributed by atoms with van der Waals surface area (Å²) in [5, 5.41) is 15.8. The van der Waals surface area contributed by atoms with Crippen LogP contribution < -0.4 is 31.9 Å². The van der Waals surface area contributed by atoms with E-state index in [1.807, 2.05) is 0 Å². The predicted molar refractivity (Wildman–Crippen MR) is 73.6 cm³/mol. The number of rotatable bonds is 3. The lowest BCUT2D eigenvalue weighted by atomic mass is 10.2. The Bertz CT molecular complexity index is 611. The number of hydrogen-bond acceptors (Lipinski definition) is 4. The van der Waals surface area contributed by atoms with E-state index in [9.17, 15) is 19.2 Å². The molecule has 4 aliphatic heterocycles. The predicted octanol–water partition coefficient (Wildman–Crippen LogP) is -2.64. The molecule has 8 amide bonds. The Labute approximate surface area is 130 Å². The maximum Gasteiger partial charge on any atom is 0.321 e. The van der Waals surface area contributed by atoms with Crippen LogP contribution in [0.3, 0.4) is 0 Å². The van der Waals surface area contributed by atoms with E-state index in [4.69, 9.17) is 0 Å². The molecule has 6 N–H and O–H groups in total. The van der Waals surface area contributed by atoms with Crippen LogP contribution in [0.4, 0.5) is 19.2 Å². The third-order valence-corrected chi connectivity index (χ3v) is 4.39. The third-order valence-electron chi connectivity index (χ3n) is 4.39. The van der Waals surface area contributed by atoms with E-state index in [0.717, 1.165) is 0 Å². The molecule has 124 valence electrons. The first-order valence-electron chi connectivity index (χ1n) is 7.24. The fourth-order valence-corrected chi connectivity index (χ4v) is 3.40. The van der Waals surface area contributed by atoms with Gasteiger partial charge in [-0.25, -0.2) is 19.2 Å². The highest BCUT2D eigenvalue weighted by atomic mass is 16.2. The Kier molecular flexibility index (Phi) is 2.71. The molecule has 4 fully saturated rings. The Hall–Kier alpha value is -2.92. The van der Waals surface area contributed by atoms with Crippen molar-refractivity contribution < 1.29 is 19.2 Å². The van der Waals surface area contributed by atoms with Crippen LogP contribution in [0.15, 0.2) is 0 Å². The van der Waals surface area contributed by atoms with Gasteiger partial charge in [-0.2, -0.15) is 0 Å². The van der Waals surface area contributed by atoms with Crippen LogP contribution in [-0.4, -0.2) is 71.2 Å². The Morgan fingerprint density at radius 1 is 0.826 bits per heavy atom.